The number of methoxy groups -OCH3 is 1. The van der Waals surface area contributed by atoms with Crippen LogP contribution in [0, 0.1) is 6.92 Å². The van der Waals surface area contributed by atoms with Crippen LogP contribution in [0.5, 0.6) is 0 Å². The van der Waals surface area contributed by atoms with E-state index in [4.69, 9.17) is 19.7 Å². The molecule has 0 radical (unpaired) electrons. The summed E-state index contributed by atoms with van der Waals surface area (Å²) in [5.74, 6) is -0.0159. The van der Waals surface area contributed by atoms with Crippen molar-refractivity contribution in [1.82, 2.24) is 4.98 Å². The van der Waals surface area contributed by atoms with Gasteiger partial charge in [0.2, 0.25) is 0 Å². The van der Waals surface area contributed by atoms with Gasteiger partial charge in [0.1, 0.15) is 5.76 Å². The predicted octanol–water partition coefficient (Wildman–Crippen LogP) is 6.40. The van der Waals surface area contributed by atoms with Crippen molar-refractivity contribution in [3.05, 3.63) is 102 Å². The Morgan fingerprint density at radius 2 is 1.84 bits per heavy atom. The van der Waals surface area contributed by atoms with E-state index in [-0.39, 0.29) is 23.6 Å². The lowest BCUT2D eigenvalue weighted by Gasteiger charge is -2.24. The van der Waals surface area contributed by atoms with Gasteiger partial charge in [0.15, 0.2) is 0 Å². The van der Waals surface area contributed by atoms with Gasteiger partial charge < -0.3 is 14.8 Å². The number of para-hydroxylation sites is 1. The molecule has 7 heteroatoms. The van der Waals surface area contributed by atoms with Gasteiger partial charge >= 0.3 is 5.97 Å². The van der Waals surface area contributed by atoms with Crippen molar-refractivity contribution in [2.45, 2.75) is 79.1 Å². The van der Waals surface area contributed by atoms with Crippen molar-refractivity contribution in [1.29, 1.82) is 0 Å². The molecule has 5 aliphatic rings. The highest BCUT2D eigenvalue weighted by atomic mass is 16.5. The lowest BCUT2D eigenvalue weighted by Crippen LogP contribution is -2.32. The smallest absolute Gasteiger partial charge is 0.305 e. The summed E-state index contributed by atoms with van der Waals surface area (Å²) >= 11 is 0. The van der Waals surface area contributed by atoms with Crippen LogP contribution in [0.3, 0.4) is 0 Å². The zero-order valence-corrected chi connectivity index (χ0v) is 26.5. The Morgan fingerprint density at radius 1 is 1.05 bits per heavy atom. The second-order valence-electron chi connectivity index (χ2n) is 12.5. The standard InChI is InChI=1S/C37H38N4O3/c1-8-21-18(3)27-17-30-37(6,9-2)25-12-10-11-23(34(25)40-30)33-20(5)22(13-14-31(43)44-7)35(41-33)32-29(42)15-24-19(4)26(39-36(24)32)16-28(21)38-27/h10-12,16-17,38,42H,8-9,13-15H2,1-7H3. The van der Waals surface area contributed by atoms with Gasteiger partial charge in [0.05, 0.1) is 46.6 Å². The number of hydrogen-bond donors (Lipinski definition) is 2. The number of nitrogens with zero attached hydrogens (tertiary/aromatic N) is 3. The van der Waals surface area contributed by atoms with E-state index in [9.17, 15) is 9.90 Å². The number of hydrogen-bond acceptors (Lipinski definition) is 6. The first-order chi connectivity index (χ1) is 21.1. The molecule has 0 saturated heterocycles. The molecule has 0 spiro atoms. The molecule has 1 aromatic carbocycles. The second kappa shape index (κ2) is 10.0. The van der Waals surface area contributed by atoms with Crippen LogP contribution in [0.4, 0.5) is 0 Å². The number of fused-ring (bicyclic) bond motifs is 6. The third kappa shape index (κ3) is 3.87. The fourth-order valence-electron chi connectivity index (χ4n) is 7.42. The maximum atomic E-state index is 12.3. The summed E-state index contributed by atoms with van der Waals surface area (Å²) < 4.78 is 4.99. The van der Waals surface area contributed by atoms with Gasteiger partial charge in [-0.25, -0.2) is 9.98 Å². The van der Waals surface area contributed by atoms with Crippen LogP contribution >= 0.6 is 0 Å². The number of aromatic amines is 1. The number of ether oxygens (including phenoxy) is 1. The van der Waals surface area contributed by atoms with Crippen molar-refractivity contribution in [3.63, 3.8) is 0 Å². The van der Waals surface area contributed by atoms with Gasteiger partial charge in [0.25, 0.3) is 0 Å². The molecule has 4 aliphatic heterocycles. The predicted molar refractivity (Wildman–Crippen MR) is 175 cm³/mol. The second-order valence-corrected chi connectivity index (χ2v) is 12.5. The van der Waals surface area contributed by atoms with Crippen LogP contribution in [0.25, 0.3) is 17.8 Å². The van der Waals surface area contributed by atoms with Crippen LogP contribution in [0.1, 0.15) is 88.4 Å². The fraction of sp³-hybridized carbons (Fsp3) is 0.351. The number of rotatable bonds is 5. The first kappa shape index (κ1) is 28.3. The van der Waals surface area contributed by atoms with Gasteiger partial charge in [-0.3, -0.25) is 9.79 Å². The van der Waals surface area contributed by atoms with Crippen molar-refractivity contribution < 1.29 is 14.6 Å². The van der Waals surface area contributed by atoms with Crippen LogP contribution in [-0.2, 0) is 21.4 Å². The fourth-order valence-corrected chi connectivity index (χ4v) is 7.42. The molecular weight excluding hydrogens is 548 g/mol. The minimum absolute atomic E-state index is 0.217. The number of aromatic nitrogens is 1. The largest absolute Gasteiger partial charge is 0.511 e. The maximum absolute atomic E-state index is 12.3. The molecular formula is C37H38N4O3. The Labute approximate surface area is 257 Å². The lowest BCUT2D eigenvalue weighted by atomic mass is 9.78. The van der Waals surface area contributed by atoms with Crippen molar-refractivity contribution >= 4 is 35.2 Å². The topological polar surface area (TPSA) is 99.4 Å². The lowest BCUT2D eigenvalue weighted by molar-refractivity contribution is -0.140. The Morgan fingerprint density at radius 3 is 2.57 bits per heavy atom. The van der Waals surface area contributed by atoms with Crippen LogP contribution in [-0.4, -0.2) is 34.6 Å². The molecule has 44 heavy (non-hydrogen) atoms. The molecule has 7 rings (SSSR count). The monoisotopic (exact) mass is 586 g/mol. The van der Waals surface area contributed by atoms with Gasteiger partial charge in [-0.2, -0.15) is 0 Å². The summed E-state index contributed by atoms with van der Waals surface area (Å²) in [7, 11) is 1.41. The summed E-state index contributed by atoms with van der Waals surface area (Å²) in [6.45, 7) is 13.0. The Kier molecular flexibility index (Phi) is 6.43. The van der Waals surface area contributed by atoms with E-state index in [0.717, 1.165) is 79.9 Å². The van der Waals surface area contributed by atoms with Crippen molar-refractivity contribution in [2.24, 2.45) is 15.0 Å². The zero-order valence-electron chi connectivity index (χ0n) is 26.5. The highest BCUT2D eigenvalue weighted by molar-refractivity contribution is 6.39. The minimum Gasteiger partial charge on any atom is -0.511 e. The van der Waals surface area contributed by atoms with E-state index in [1.165, 1.54) is 23.8 Å². The van der Waals surface area contributed by atoms with Crippen LogP contribution in [0.15, 0.2) is 78.2 Å². The van der Waals surface area contributed by atoms with Crippen molar-refractivity contribution in [3.8, 4) is 0 Å². The number of aliphatic hydroxyl groups is 1. The molecule has 2 aromatic rings. The summed E-state index contributed by atoms with van der Waals surface area (Å²) in [5.41, 5.74) is 14.4. The third-order valence-corrected chi connectivity index (χ3v) is 10.3. The van der Waals surface area contributed by atoms with Gasteiger partial charge in [-0.05, 0) is 98.1 Å². The summed E-state index contributed by atoms with van der Waals surface area (Å²) in [4.78, 5) is 31.8. The summed E-state index contributed by atoms with van der Waals surface area (Å²) in [6, 6.07) is 6.37. The zero-order chi connectivity index (χ0) is 31.1. The van der Waals surface area contributed by atoms with E-state index < -0.39 is 0 Å². The van der Waals surface area contributed by atoms with E-state index in [1.54, 1.807) is 0 Å². The molecule has 1 atom stereocenters. The Balaban J connectivity index is 1.60. The number of benzene rings is 1. The SMILES string of the molecule is CCc1c2[nH]c(c1C)C=C1N=c3c(cccc3=C3N=C(C(CCC(=O)OC)=C3C)C3=C(O)CC4=C(C)C(=C2)N=C43)C1(C)CC. The average molecular weight is 587 g/mol. The minimum atomic E-state index is -0.280. The molecule has 8 bridgehead atoms. The molecule has 1 aliphatic carbocycles. The van der Waals surface area contributed by atoms with E-state index >= 15 is 0 Å². The number of H-pyrrole nitrogens is 1. The number of aliphatic hydroxyl groups excluding tert-OH is 1. The maximum Gasteiger partial charge on any atom is 0.305 e. The summed E-state index contributed by atoms with van der Waals surface area (Å²) in [5, 5.41) is 13.3. The molecule has 0 fully saturated rings. The Bertz CT molecular complexity index is 2060. The normalized spacial score (nSPS) is 21.6. The number of esters is 1. The number of carbonyl (C=O) groups excluding carboxylic acids is 1. The van der Waals surface area contributed by atoms with E-state index in [0.29, 0.717) is 24.1 Å². The first-order valence-corrected chi connectivity index (χ1v) is 15.6. The van der Waals surface area contributed by atoms with Gasteiger partial charge in [0, 0.05) is 34.9 Å². The number of aliphatic imine (C=N–C) groups is 2. The first-order valence-electron chi connectivity index (χ1n) is 15.6. The van der Waals surface area contributed by atoms with Gasteiger partial charge in [-0.1, -0.05) is 32.0 Å². The molecule has 2 N–H and O–H groups in total. The number of carbonyl (C=O) groups is 1. The Hall–Kier alpha value is -4.52. The third-order valence-electron chi connectivity index (χ3n) is 10.3. The van der Waals surface area contributed by atoms with Crippen LogP contribution in [0.2, 0.25) is 0 Å². The summed E-state index contributed by atoms with van der Waals surface area (Å²) in [6.07, 6.45) is 7.22. The molecule has 0 amide bonds. The molecule has 1 unspecified atom stereocenters. The highest BCUT2D eigenvalue weighted by Gasteiger charge is 2.40. The van der Waals surface area contributed by atoms with Gasteiger partial charge in [-0.15, -0.1) is 0 Å². The average Bonchev–Trinajstić information content (AvgIpc) is 3.76. The quantitative estimate of drug-likeness (QED) is 0.397. The molecule has 0 saturated carbocycles. The molecule has 7 nitrogen and oxygen atoms in total. The highest BCUT2D eigenvalue weighted by Crippen LogP contribution is 2.44. The van der Waals surface area contributed by atoms with Crippen molar-refractivity contribution in [2.75, 3.05) is 7.11 Å². The molecule has 224 valence electrons. The molecule has 1 aromatic heterocycles. The van der Waals surface area contributed by atoms with Crippen LogP contribution < -0.4 is 10.6 Å². The molecule has 5 heterocycles. The number of allylic oxidation sites excluding steroid dienone is 5. The van der Waals surface area contributed by atoms with E-state index in [2.05, 4.69) is 76.9 Å². The van der Waals surface area contributed by atoms with E-state index in [1.807, 2.05) is 0 Å². The number of nitrogens with one attached hydrogen (secondary N) is 1.